The van der Waals surface area contributed by atoms with E-state index in [1.54, 1.807) is 4.90 Å². The SMILES string of the molecule is C[C@@H]1CCCC[C@H]1[NH+]1CC[NH+](Cc2ccc(Br)cc2)CC1. The van der Waals surface area contributed by atoms with Crippen LogP contribution in [0.2, 0.25) is 0 Å². The van der Waals surface area contributed by atoms with Gasteiger partial charge < -0.3 is 9.80 Å². The Morgan fingerprint density at radius 3 is 2.33 bits per heavy atom. The Morgan fingerprint density at radius 2 is 1.67 bits per heavy atom. The molecule has 1 heterocycles. The number of rotatable bonds is 3. The quantitative estimate of drug-likeness (QED) is 0.811. The summed E-state index contributed by atoms with van der Waals surface area (Å²) in [5.74, 6) is 0.946. The van der Waals surface area contributed by atoms with Gasteiger partial charge in [-0.15, -0.1) is 0 Å². The van der Waals surface area contributed by atoms with Crippen molar-refractivity contribution >= 4 is 15.9 Å². The molecule has 1 aromatic rings. The molecule has 21 heavy (non-hydrogen) atoms. The van der Waals surface area contributed by atoms with Crippen LogP contribution in [-0.4, -0.2) is 32.2 Å². The van der Waals surface area contributed by atoms with Gasteiger partial charge in [-0.05, 0) is 31.4 Å². The molecule has 2 N–H and O–H groups in total. The Labute approximate surface area is 137 Å². The number of halogens is 1. The summed E-state index contributed by atoms with van der Waals surface area (Å²) in [4.78, 5) is 3.67. The minimum Gasteiger partial charge on any atom is -0.323 e. The minimum atomic E-state index is 0.946. The first-order valence-corrected chi connectivity index (χ1v) is 9.44. The summed E-state index contributed by atoms with van der Waals surface area (Å²) < 4.78 is 1.18. The predicted molar refractivity (Wildman–Crippen MR) is 90.7 cm³/mol. The molecule has 1 aliphatic heterocycles. The van der Waals surface area contributed by atoms with Crippen LogP contribution in [-0.2, 0) is 6.54 Å². The van der Waals surface area contributed by atoms with Crippen LogP contribution in [0.15, 0.2) is 28.7 Å². The van der Waals surface area contributed by atoms with E-state index in [0.717, 1.165) is 12.0 Å². The van der Waals surface area contributed by atoms with Crippen LogP contribution in [0.5, 0.6) is 0 Å². The zero-order valence-corrected chi connectivity index (χ0v) is 14.8. The molecule has 0 spiro atoms. The molecule has 0 amide bonds. The summed E-state index contributed by atoms with van der Waals surface area (Å²) in [6.45, 7) is 9.11. The fraction of sp³-hybridized carbons (Fsp3) is 0.667. The van der Waals surface area contributed by atoms with Crippen molar-refractivity contribution in [3.8, 4) is 0 Å². The molecule has 2 atom stereocenters. The van der Waals surface area contributed by atoms with Crippen molar-refractivity contribution in [1.29, 1.82) is 0 Å². The molecule has 0 bridgehead atoms. The van der Waals surface area contributed by atoms with Gasteiger partial charge in [0.05, 0.1) is 6.04 Å². The van der Waals surface area contributed by atoms with Crippen molar-refractivity contribution in [2.24, 2.45) is 5.92 Å². The van der Waals surface area contributed by atoms with Crippen LogP contribution in [0.1, 0.15) is 38.2 Å². The van der Waals surface area contributed by atoms with Gasteiger partial charge in [0.25, 0.3) is 0 Å². The Kier molecular flexibility index (Phi) is 5.36. The summed E-state index contributed by atoms with van der Waals surface area (Å²) in [6, 6.07) is 9.81. The fourth-order valence-corrected chi connectivity index (χ4v) is 4.55. The Bertz CT molecular complexity index is 437. The summed E-state index contributed by atoms with van der Waals surface area (Å²) in [5, 5.41) is 0. The zero-order chi connectivity index (χ0) is 14.7. The van der Waals surface area contributed by atoms with Crippen LogP contribution in [0.4, 0.5) is 0 Å². The van der Waals surface area contributed by atoms with Gasteiger partial charge in [-0.3, -0.25) is 0 Å². The van der Waals surface area contributed by atoms with Gasteiger partial charge in [-0.2, -0.15) is 0 Å². The van der Waals surface area contributed by atoms with Gasteiger partial charge in [-0.1, -0.05) is 41.4 Å². The summed E-state index contributed by atoms with van der Waals surface area (Å²) in [7, 11) is 0. The molecule has 2 fully saturated rings. The van der Waals surface area contributed by atoms with Crippen molar-refractivity contribution < 1.29 is 9.80 Å². The van der Waals surface area contributed by atoms with E-state index in [1.165, 1.54) is 68.4 Å². The molecule has 3 heteroatoms. The highest BCUT2D eigenvalue weighted by Gasteiger charge is 2.34. The number of nitrogens with one attached hydrogen (secondary N) is 2. The molecule has 3 rings (SSSR count). The first-order valence-electron chi connectivity index (χ1n) is 8.65. The second-order valence-electron chi connectivity index (χ2n) is 7.08. The average molecular weight is 353 g/mol. The first-order chi connectivity index (χ1) is 10.2. The highest BCUT2D eigenvalue weighted by atomic mass is 79.9. The maximum Gasteiger partial charge on any atom is 0.127 e. The molecule has 1 aliphatic carbocycles. The Morgan fingerprint density at radius 1 is 1.00 bits per heavy atom. The van der Waals surface area contributed by atoms with E-state index in [9.17, 15) is 0 Å². The molecule has 0 aromatic heterocycles. The minimum absolute atomic E-state index is 0.946. The Balaban J connectivity index is 1.49. The molecule has 2 aliphatic rings. The standard InChI is InChI=1S/C18H27BrN2/c1-15-4-2-3-5-18(15)21-12-10-20(11-13-21)14-16-6-8-17(19)9-7-16/h6-9,15,18H,2-5,10-14H2,1H3/p+2/t15-,18-/m1/s1. The van der Waals surface area contributed by atoms with E-state index < -0.39 is 0 Å². The predicted octanol–water partition coefficient (Wildman–Crippen LogP) is 1.31. The molecule has 1 aromatic carbocycles. The van der Waals surface area contributed by atoms with Crippen molar-refractivity contribution in [2.75, 3.05) is 26.2 Å². The summed E-state index contributed by atoms with van der Waals surface area (Å²) in [6.07, 6.45) is 5.86. The lowest BCUT2D eigenvalue weighted by Gasteiger charge is -2.39. The number of hydrogen-bond acceptors (Lipinski definition) is 0. The highest BCUT2D eigenvalue weighted by molar-refractivity contribution is 9.10. The van der Waals surface area contributed by atoms with Crippen molar-refractivity contribution in [3.05, 3.63) is 34.3 Å². The number of piperazine rings is 1. The van der Waals surface area contributed by atoms with E-state index >= 15 is 0 Å². The number of benzene rings is 1. The molecule has 2 nitrogen and oxygen atoms in total. The van der Waals surface area contributed by atoms with Crippen LogP contribution in [0, 0.1) is 5.92 Å². The van der Waals surface area contributed by atoms with Gasteiger partial charge in [-0.25, -0.2) is 0 Å². The fourth-order valence-electron chi connectivity index (χ4n) is 4.29. The van der Waals surface area contributed by atoms with Crippen LogP contribution in [0.25, 0.3) is 0 Å². The average Bonchev–Trinajstić information content (AvgIpc) is 2.51. The topological polar surface area (TPSA) is 8.88 Å². The van der Waals surface area contributed by atoms with E-state index in [-0.39, 0.29) is 0 Å². The van der Waals surface area contributed by atoms with Gasteiger partial charge >= 0.3 is 0 Å². The van der Waals surface area contributed by atoms with Crippen molar-refractivity contribution in [3.63, 3.8) is 0 Å². The summed E-state index contributed by atoms with van der Waals surface area (Å²) >= 11 is 3.52. The third kappa shape index (κ3) is 4.08. The zero-order valence-electron chi connectivity index (χ0n) is 13.2. The molecular formula is C18H29BrN2+2. The second kappa shape index (κ2) is 7.26. The highest BCUT2D eigenvalue weighted by Crippen LogP contribution is 2.21. The smallest absolute Gasteiger partial charge is 0.127 e. The maximum atomic E-state index is 3.52. The van der Waals surface area contributed by atoms with Gasteiger partial charge in [0.2, 0.25) is 0 Å². The first kappa shape index (κ1) is 15.5. The lowest BCUT2D eigenvalue weighted by molar-refractivity contribution is -1.03. The normalized spacial score (nSPS) is 33.8. The molecule has 116 valence electrons. The largest absolute Gasteiger partial charge is 0.323 e. The summed E-state index contributed by atoms with van der Waals surface area (Å²) in [5.41, 5.74) is 1.47. The molecule has 0 unspecified atom stereocenters. The molecule has 0 radical (unpaired) electrons. The van der Waals surface area contributed by atoms with E-state index in [4.69, 9.17) is 0 Å². The number of quaternary nitrogens is 2. The van der Waals surface area contributed by atoms with Crippen LogP contribution >= 0.6 is 15.9 Å². The van der Waals surface area contributed by atoms with Crippen molar-refractivity contribution in [1.82, 2.24) is 0 Å². The third-order valence-electron chi connectivity index (χ3n) is 5.60. The molecular weight excluding hydrogens is 324 g/mol. The van der Waals surface area contributed by atoms with Crippen molar-refractivity contribution in [2.45, 2.75) is 45.2 Å². The molecule has 1 saturated heterocycles. The Hall–Kier alpha value is -0.380. The molecule has 1 saturated carbocycles. The van der Waals surface area contributed by atoms with Gasteiger partial charge in [0, 0.05) is 16.0 Å². The van der Waals surface area contributed by atoms with E-state index in [1.807, 2.05) is 4.90 Å². The number of hydrogen-bond donors (Lipinski definition) is 2. The van der Waals surface area contributed by atoms with Crippen LogP contribution < -0.4 is 9.80 Å². The lowest BCUT2D eigenvalue weighted by atomic mass is 9.84. The monoisotopic (exact) mass is 352 g/mol. The van der Waals surface area contributed by atoms with E-state index in [2.05, 4.69) is 47.1 Å². The van der Waals surface area contributed by atoms with Gasteiger partial charge in [0.1, 0.15) is 32.7 Å². The lowest BCUT2D eigenvalue weighted by Crippen LogP contribution is -3.29. The van der Waals surface area contributed by atoms with Gasteiger partial charge in [0.15, 0.2) is 0 Å². The van der Waals surface area contributed by atoms with E-state index in [0.29, 0.717) is 0 Å². The third-order valence-corrected chi connectivity index (χ3v) is 6.13. The second-order valence-corrected chi connectivity index (χ2v) is 8.00. The maximum absolute atomic E-state index is 3.52. The van der Waals surface area contributed by atoms with Crippen LogP contribution in [0.3, 0.4) is 0 Å².